The van der Waals surface area contributed by atoms with Gasteiger partial charge < -0.3 is 32.5 Å². The summed E-state index contributed by atoms with van der Waals surface area (Å²) in [6.07, 6.45) is 2.12. The van der Waals surface area contributed by atoms with Crippen LogP contribution in [0.3, 0.4) is 0 Å². The fourth-order valence-corrected chi connectivity index (χ4v) is 3.20. The molecule has 186 valence electrons. The molecule has 0 bridgehead atoms. The monoisotopic (exact) mass is 457 g/mol. The molecule has 32 heavy (non-hydrogen) atoms. The molecule has 8 N–H and O–H groups in total. The Bertz CT molecular complexity index is 624. The van der Waals surface area contributed by atoms with E-state index in [-0.39, 0.29) is 17.8 Å². The lowest BCUT2D eigenvalue weighted by atomic mass is 9.99. The minimum Gasteiger partial charge on any atom is -0.480 e. The number of hydrogen-bond donors (Lipinski definition) is 6. The molecular weight excluding hydrogens is 414 g/mol. The Morgan fingerprint density at radius 2 is 1.31 bits per heavy atom. The lowest BCUT2D eigenvalue weighted by molar-refractivity contribution is -0.143. The highest BCUT2D eigenvalue weighted by molar-refractivity contribution is 5.94. The van der Waals surface area contributed by atoms with E-state index in [4.69, 9.17) is 11.5 Å². The Balaban J connectivity index is 5.41. The number of amides is 3. The van der Waals surface area contributed by atoms with E-state index in [1.807, 2.05) is 13.8 Å². The van der Waals surface area contributed by atoms with E-state index in [1.54, 1.807) is 27.7 Å². The van der Waals surface area contributed by atoms with E-state index in [9.17, 15) is 24.3 Å². The van der Waals surface area contributed by atoms with Gasteiger partial charge in [-0.05, 0) is 50.0 Å². The van der Waals surface area contributed by atoms with Crippen molar-refractivity contribution < 1.29 is 24.3 Å². The molecule has 0 spiro atoms. The number of carboxylic acid groups (broad SMARTS) is 1. The number of nitrogens with one attached hydrogen (secondary N) is 3. The lowest BCUT2D eigenvalue weighted by Gasteiger charge is -2.28. The molecule has 0 rings (SSSR count). The first-order valence-corrected chi connectivity index (χ1v) is 11.4. The van der Waals surface area contributed by atoms with Crippen molar-refractivity contribution >= 4 is 23.7 Å². The summed E-state index contributed by atoms with van der Waals surface area (Å²) in [5.41, 5.74) is 11.5. The third-order valence-corrected chi connectivity index (χ3v) is 5.12. The van der Waals surface area contributed by atoms with E-state index in [1.165, 1.54) is 0 Å². The third-order valence-electron chi connectivity index (χ3n) is 5.12. The number of carboxylic acids is 1. The van der Waals surface area contributed by atoms with E-state index < -0.39 is 47.9 Å². The van der Waals surface area contributed by atoms with Gasteiger partial charge in [0.05, 0.1) is 6.04 Å². The minimum absolute atomic E-state index is 0.220. The molecule has 10 nitrogen and oxygen atoms in total. The van der Waals surface area contributed by atoms with Crippen LogP contribution in [0.2, 0.25) is 0 Å². The first kappa shape index (κ1) is 29.8. The Kier molecular flexibility index (Phi) is 13.8. The smallest absolute Gasteiger partial charge is 0.326 e. The maximum Gasteiger partial charge on any atom is 0.326 e. The van der Waals surface area contributed by atoms with Crippen molar-refractivity contribution in [3.8, 4) is 0 Å². The van der Waals surface area contributed by atoms with Gasteiger partial charge in [-0.1, -0.05) is 41.5 Å². The second-order valence-electron chi connectivity index (χ2n) is 9.38. The molecule has 0 fully saturated rings. The van der Waals surface area contributed by atoms with Crippen molar-refractivity contribution in [2.45, 2.75) is 91.4 Å². The van der Waals surface area contributed by atoms with Crippen LogP contribution in [-0.4, -0.2) is 59.5 Å². The fraction of sp³-hybridized carbons (Fsp3) is 0.818. The van der Waals surface area contributed by atoms with Gasteiger partial charge in [-0.2, -0.15) is 0 Å². The third kappa shape index (κ3) is 10.9. The number of carbonyl (C=O) groups excluding carboxylic acids is 3. The summed E-state index contributed by atoms with van der Waals surface area (Å²) in [5.74, 6) is -3.08. The van der Waals surface area contributed by atoms with Gasteiger partial charge in [0.1, 0.15) is 18.1 Å². The van der Waals surface area contributed by atoms with Crippen LogP contribution in [0.1, 0.15) is 67.2 Å². The van der Waals surface area contributed by atoms with Crippen molar-refractivity contribution in [3.63, 3.8) is 0 Å². The molecule has 0 heterocycles. The van der Waals surface area contributed by atoms with Crippen LogP contribution in [-0.2, 0) is 19.2 Å². The zero-order chi connectivity index (χ0) is 25.0. The highest BCUT2D eigenvalue weighted by Crippen LogP contribution is 2.09. The van der Waals surface area contributed by atoms with Gasteiger partial charge in [0.2, 0.25) is 17.7 Å². The summed E-state index contributed by atoms with van der Waals surface area (Å²) in [6, 6.07) is -3.65. The number of aliphatic carboxylic acids is 1. The normalized spacial score (nSPS) is 15.2. The molecule has 10 heteroatoms. The first-order valence-electron chi connectivity index (χ1n) is 11.4. The molecule has 0 aromatic carbocycles. The highest BCUT2D eigenvalue weighted by atomic mass is 16.4. The van der Waals surface area contributed by atoms with Crippen molar-refractivity contribution in [1.82, 2.24) is 16.0 Å². The molecular formula is C22H43N5O5. The van der Waals surface area contributed by atoms with Crippen LogP contribution >= 0.6 is 0 Å². The zero-order valence-electron chi connectivity index (χ0n) is 20.3. The molecule has 4 atom stereocenters. The second-order valence-corrected chi connectivity index (χ2v) is 9.38. The van der Waals surface area contributed by atoms with Gasteiger partial charge >= 0.3 is 5.97 Å². The van der Waals surface area contributed by atoms with E-state index in [0.29, 0.717) is 32.2 Å². The molecule has 0 aliphatic carbocycles. The molecule has 0 saturated heterocycles. The van der Waals surface area contributed by atoms with Crippen LogP contribution in [0.15, 0.2) is 0 Å². The number of carbonyl (C=O) groups is 4. The Morgan fingerprint density at radius 1 is 0.781 bits per heavy atom. The van der Waals surface area contributed by atoms with Gasteiger partial charge in [-0.15, -0.1) is 0 Å². The fourth-order valence-electron chi connectivity index (χ4n) is 3.20. The number of rotatable bonds is 15. The summed E-state index contributed by atoms with van der Waals surface area (Å²) in [4.78, 5) is 49.7. The maximum atomic E-state index is 13.0. The van der Waals surface area contributed by atoms with Crippen LogP contribution in [0.25, 0.3) is 0 Å². The SMILES string of the molecule is CC(C)CC(N)C(=O)NC(CCCCN)C(=O)NC(C(=O)NC(C(=O)O)C(C)C)C(C)C. The maximum absolute atomic E-state index is 13.0. The van der Waals surface area contributed by atoms with Crippen molar-refractivity contribution in [2.24, 2.45) is 29.2 Å². The highest BCUT2D eigenvalue weighted by Gasteiger charge is 2.32. The average Bonchev–Trinajstić information content (AvgIpc) is 2.67. The molecule has 0 aliphatic heterocycles. The first-order chi connectivity index (χ1) is 14.8. The standard InChI is InChI=1S/C22H43N5O5/c1-12(2)11-15(24)19(28)25-16(9-7-8-10-23)20(29)26-17(13(3)4)21(30)27-18(14(5)6)22(31)32/h12-18H,7-11,23-24H2,1-6H3,(H,25,28)(H,26,29)(H,27,30)(H,31,32). The van der Waals surface area contributed by atoms with Crippen molar-refractivity contribution in [1.29, 1.82) is 0 Å². The predicted molar refractivity (Wildman–Crippen MR) is 123 cm³/mol. The largest absolute Gasteiger partial charge is 0.480 e. The van der Waals surface area contributed by atoms with Crippen LogP contribution < -0.4 is 27.4 Å². The summed E-state index contributed by atoms with van der Waals surface area (Å²) in [6.45, 7) is 11.2. The summed E-state index contributed by atoms with van der Waals surface area (Å²) >= 11 is 0. The predicted octanol–water partition coefficient (Wildman–Crippen LogP) is 0.340. The van der Waals surface area contributed by atoms with Crippen LogP contribution in [0.5, 0.6) is 0 Å². The molecule has 0 aliphatic rings. The van der Waals surface area contributed by atoms with Gasteiger partial charge in [-0.25, -0.2) is 4.79 Å². The van der Waals surface area contributed by atoms with Gasteiger partial charge in [-0.3, -0.25) is 14.4 Å². The Morgan fingerprint density at radius 3 is 1.75 bits per heavy atom. The summed E-state index contributed by atoms with van der Waals surface area (Å²) in [5, 5.41) is 17.2. The number of nitrogens with two attached hydrogens (primary N) is 2. The Hall–Kier alpha value is -2.20. The molecule has 0 saturated carbocycles. The average molecular weight is 458 g/mol. The van der Waals surface area contributed by atoms with E-state index in [2.05, 4.69) is 16.0 Å². The summed E-state index contributed by atoms with van der Waals surface area (Å²) < 4.78 is 0. The van der Waals surface area contributed by atoms with E-state index in [0.717, 1.165) is 0 Å². The van der Waals surface area contributed by atoms with Crippen LogP contribution in [0.4, 0.5) is 0 Å². The zero-order valence-corrected chi connectivity index (χ0v) is 20.3. The molecule has 4 unspecified atom stereocenters. The topological polar surface area (TPSA) is 177 Å². The molecule has 0 radical (unpaired) electrons. The van der Waals surface area contributed by atoms with Crippen LogP contribution in [0, 0.1) is 17.8 Å². The number of hydrogen-bond acceptors (Lipinski definition) is 6. The second kappa shape index (κ2) is 14.8. The number of unbranched alkanes of at least 4 members (excludes halogenated alkanes) is 1. The van der Waals surface area contributed by atoms with E-state index >= 15 is 0 Å². The minimum atomic E-state index is -1.15. The van der Waals surface area contributed by atoms with Gasteiger partial charge in [0.25, 0.3) is 0 Å². The molecule has 0 aromatic heterocycles. The summed E-state index contributed by atoms with van der Waals surface area (Å²) in [7, 11) is 0. The Labute approximate surface area is 191 Å². The van der Waals surface area contributed by atoms with Gasteiger partial charge in [0, 0.05) is 0 Å². The van der Waals surface area contributed by atoms with Gasteiger partial charge in [0.15, 0.2) is 0 Å². The molecule has 3 amide bonds. The van der Waals surface area contributed by atoms with Crippen molar-refractivity contribution in [2.75, 3.05) is 6.54 Å². The lowest BCUT2D eigenvalue weighted by Crippen LogP contribution is -2.59. The molecule has 0 aromatic rings. The quantitative estimate of drug-likeness (QED) is 0.192. The van der Waals surface area contributed by atoms with Crippen molar-refractivity contribution in [3.05, 3.63) is 0 Å².